The van der Waals surface area contributed by atoms with Crippen molar-refractivity contribution < 1.29 is 9.90 Å². The Balaban J connectivity index is 2.34. The Morgan fingerprint density at radius 2 is 2.25 bits per heavy atom. The van der Waals surface area contributed by atoms with Gasteiger partial charge in [0.25, 0.3) is 5.56 Å². The molecule has 1 aromatic heterocycles. The molecule has 0 bridgehead atoms. The van der Waals surface area contributed by atoms with Gasteiger partial charge in [0, 0.05) is 18.1 Å². The van der Waals surface area contributed by atoms with Crippen molar-refractivity contribution in [3.63, 3.8) is 0 Å². The van der Waals surface area contributed by atoms with Crippen molar-refractivity contribution >= 4 is 32.7 Å². The van der Waals surface area contributed by atoms with Crippen molar-refractivity contribution in [3.05, 3.63) is 39.4 Å². The highest BCUT2D eigenvalue weighted by molar-refractivity contribution is 9.10. The number of hydrogen-bond donors (Lipinski definition) is 1. The third-order valence-electron chi connectivity index (χ3n) is 2.95. The van der Waals surface area contributed by atoms with Crippen LogP contribution in [0.2, 0.25) is 0 Å². The minimum Gasteiger partial charge on any atom is -0.395 e. The van der Waals surface area contributed by atoms with Gasteiger partial charge in [0.2, 0.25) is 5.91 Å². The minimum atomic E-state index is -0.262. The first-order valence-electron chi connectivity index (χ1n) is 6.02. The van der Waals surface area contributed by atoms with Crippen LogP contribution in [0.25, 0.3) is 10.9 Å². The summed E-state index contributed by atoms with van der Waals surface area (Å²) in [6.45, 7) is 0.0327. The summed E-state index contributed by atoms with van der Waals surface area (Å²) in [6.07, 6.45) is 1.36. The number of carbonyl (C=O) groups excluding carboxylic acids is 1. The highest BCUT2D eigenvalue weighted by atomic mass is 79.9. The summed E-state index contributed by atoms with van der Waals surface area (Å²) in [4.78, 5) is 29.7. The van der Waals surface area contributed by atoms with E-state index >= 15 is 0 Å². The summed E-state index contributed by atoms with van der Waals surface area (Å²) in [5, 5.41) is 9.26. The minimum absolute atomic E-state index is 0.0925. The number of aliphatic hydroxyl groups is 1. The van der Waals surface area contributed by atoms with Crippen molar-refractivity contribution in [2.75, 3.05) is 20.2 Å². The molecule has 1 amide bonds. The van der Waals surface area contributed by atoms with Gasteiger partial charge in [0.05, 0.1) is 23.8 Å². The molecular formula is C13H14BrN3O3. The van der Waals surface area contributed by atoms with Crippen molar-refractivity contribution in [1.29, 1.82) is 0 Å². The van der Waals surface area contributed by atoms with Crippen LogP contribution in [0.15, 0.2) is 33.8 Å². The number of hydrogen-bond acceptors (Lipinski definition) is 4. The normalized spacial score (nSPS) is 10.8. The lowest BCUT2D eigenvalue weighted by molar-refractivity contribution is -0.131. The maximum Gasteiger partial charge on any atom is 0.261 e. The first-order valence-corrected chi connectivity index (χ1v) is 6.81. The molecule has 0 fully saturated rings. The summed E-state index contributed by atoms with van der Waals surface area (Å²) in [5.41, 5.74) is 0.327. The summed E-state index contributed by atoms with van der Waals surface area (Å²) in [6, 6.07) is 5.23. The SMILES string of the molecule is CN(CCO)C(=O)Cn1cnc2ccc(Br)cc2c1=O. The van der Waals surface area contributed by atoms with Crippen LogP contribution in [0.5, 0.6) is 0 Å². The van der Waals surface area contributed by atoms with E-state index in [2.05, 4.69) is 20.9 Å². The molecule has 20 heavy (non-hydrogen) atoms. The molecule has 1 N–H and O–H groups in total. The molecule has 0 saturated carbocycles. The Morgan fingerprint density at radius 1 is 1.50 bits per heavy atom. The fourth-order valence-corrected chi connectivity index (χ4v) is 2.15. The number of likely N-dealkylation sites (N-methyl/N-ethyl adjacent to an activating group) is 1. The van der Waals surface area contributed by atoms with E-state index in [1.165, 1.54) is 15.8 Å². The Kier molecular flexibility index (Phi) is 4.51. The molecule has 106 valence electrons. The summed E-state index contributed by atoms with van der Waals surface area (Å²) in [7, 11) is 1.58. The molecule has 1 heterocycles. The van der Waals surface area contributed by atoms with Gasteiger partial charge in [0.15, 0.2) is 0 Å². The van der Waals surface area contributed by atoms with Gasteiger partial charge in [-0.05, 0) is 18.2 Å². The molecular weight excluding hydrogens is 326 g/mol. The van der Waals surface area contributed by atoms with E-state index in [0.717, 1.165) is 4.47 Å². The van der Waals surface area contributed by atoms with Crippen molar-refractivity contribution in [2.45, 2.75) is 6.54 Å². The monoisotopic (exact) mass is 339 g/mol. The lowest BCUT2D eigenvalue weighted by Crippen LogP contribution is -2.35. The number of halogens is 1. The second-order valence-corrected chi connectivity index (χ2v) is 5.29. The zero-order chi connectivity index (χ0) is 14.7. The predicted octanol–water partition coefficient (Wildman–Crippen LogP) is 0.610. The fraction of sp³-hybridized carbons (Fsp3) is 0.308. The van der Waals surface area contributed by atoms with Gasteiger partial charge in [-0.3, -0.25) is 14.2 Å². The largest absolute Gasteiger partial charge is 0.395 e. The van der Waals surface area contributed by atoms with Gasteiger partial charge < -0.3 is 10.0 Å². The molecule has 0 aliphatic heterocycles. The van der Waals surface area contributed by atoms with Gasteiger partial charge in [0.1, 0.15) is 6.54 Å². The van der Waals surface area contributed by atoms with E-state index in [-0.39, 0.29) is 31.2 Å². The molecule has 0 aliphatic carbocycles. The summed E-state index contributed by atoms with van der Waals surface area (Å²) in [5.74, 6) is -0.253. The number of carbonyl (C=O) groups is 1. The third kappa shape index (κ3) is 3.05. The van der Waals surface area contributed by atoms with E-state index in [1.807, 2.05) is 0 Å². The number of amides is 1. The fourth-order valence-electron chi connectivity index (χ4n) is 1.78. The van der Waals surface area contributed by atoms with Gasteiger partial charge in [-0.2, -0.15) is 0 Å². The summed E-state index contributed by atoms with van der Waals surface area (Å²) < 4.78 is 2.05. The van der Waals surface area contributed by atoms with E-state index in [4.69, 9.17) is 5.11 Å². The molecule has 1 aromatic carbocycles. The van der Waals surface area contributed by atoms with Crippen molar-refractivity contribution in [2.24, 2.45) is 0 Å². The average Bonchev–Trinajstić information content (AvgIpc) is 2.42. The van der Waals surface area contributed by atoms with Gasteiger partial charge in [-0.1, -0.05) is 15.9 Å². The first kappa shape index (κ1) is 14.7. The molecule has 2 rings (SSSR count). The second kappa shape index (κ2) is 6.15. The number of aromatic nitrogens is 2. The quantitative estimate of drug-likeness (QED) is 0.885. The second-order valence-electron chi connectivity index (χ2n) is 4.38. The van der Waals surface area contributed by atoms with Crippen LogP contribution in [0.1, 0.15) is 0 Å². The molecule has 2 aromatic rings. The van der Waals surface area contributed by atoms with Gasteiger partial charge in [-0.15, -0.1) is 0 Å². The van der Waals surface area contributed by atoms with Gasteiger partial charge in [-0.25, -0.2) is 4.98 Å². The summed E-state index contributed by atoms with van der Waals surface area (Å²) >= 11 is 3.31. The van der Waals surface area contributed by atoms with E-state index in [1.54, 1.807) is 25.2 Å². The molecule has 0 aliphatic rings. The zero-order valence-electron chi connectivity index (χ0n) is 10.9. The lowest BCUT2D eigenvalue weighted by Gasteiger charge is -2.16. The standard InChI is InChI=1S/C13H14BrN3O3/c1-16(4-5-18)12(19)7-17-8-15-11-3-2-9(14)6-10(11)13(17)20/h2-3,6,8,18H,4-5,7H2,1H3. The van der Waals surface area contributed by atoms with E-state index in [0.29, 0.717) is 10.9 Å². The highest BCUT2D eigenvalue weighted by Gasteiger charge is 2.11. The molecule has 0 saturated heterocycles. The van der Waals surface area contributed by atoms with Crippen LogP contribution in [-0.4, -0.2) is 45.7 Å². The van der Waals surface area contributed by atoms with Crippen LogP contribution in [-0.2, 0) is 11.3 Å². The Labute approximate surface area is 123 Å². The topological polar surface area (TPSA) is 75.4 Å². The van der Waals surface area contributed by atoms with E-state index < -0.39 is 0 Å². The van der Waals surface area contributed by atoms with E-state index in [9.17, 15) is 9.59 Å². The predicted molar refractivity (Wildman–Crippen MR) is 78.4 cm³/mol. The molecule has 0 radical (unpaired) electrons. The number of benzene rings is 1. The molecule has 0 atom stereocenters. The molecule has 0 unspecified atom stereocenters. The highest BCUT2D eigenvalue weighted by Crippen LogP contribution is 2.14. The average molecular weight is 340 g/mol. The first-order chi connectivity index (χ1) is 9.52. The molecule has 6 nitrogen and oxygen atoms in total. The van der Waals surface area contributed by atoms with Crippen molar-refractivity contribution in [1.82, 2.24) is 14.5 Å². The molecule has 7 heteroatoms. The Morgan fingerprint density at radius 3 is 2.95 bits per heavy atom. The Hall–Kier alpha value is -1.73. The van der Waals surface area contributed by atoms with Crippen molar-refractivity contribution in [3.8, 4) is 0 Å². The smallest absolute Gasteiger partial charge is 0.261 e. The maximum absolute atomic E-state index is 12.3. The van der Waals surface area contributed by atoms with Gasteiger partial charge >= 0.3 is 0 Å². The third-order valence-corrected chi connectivity index (χ3v) is 3.45. The van der Waals surface area contributed by atoms with Crippen LogP contribution >= 0.6 is 15.9 Å². The maximum atomic E-state index is 12.3. The number of rotatable bonds is 4. The Bertz CT molecular complexity index is 699. The number of aliphatic hydroxyl groups excluding tert-OH is 1. The number of fused-ring (bicyclic) bond motifs is 1. The van der Waals surface area contributed by atoms with Crippen LogP contribution in [0, 0.1) is 0 Å². The molecule has 0 spiro atoms. The number of nitrogens with zero attached hydrogens (tertiary/aromatic N) is 3. The lowest BCUT2D eigenvalue weighted by atomic mass is 10.2. The van der Waals surface area contributed by atoms with Crippen LogP contribution in [0.4, 0.5) is 0 Å². The van der Waals surface area contributed by atoms with Crippen LogP contribution in [0.3, 0.4) is 0 Å². The zero-order valence-corrected chi connectivity index (χ0v) is 12.5. The van der Waals surface area contributed by atoms with Crippen LogP contribution < -0.4 is 5.56 Å².